The molecule has 7 heteroatoms. The Kier molecular flexibility index (Phi) is 6.20. The Bertz CT molecular complexity index is 450. The fourth-order valence-corrected chi connectivity index (χ4v) is 2.01. The number of nitrogen functional groups attached to an aromatic ring is 1. The van der Waals surface area contributed by atoms with Crippen molar-refractivity contribution >= 4 is 17.1 Å². The Morgan fingerprint density at radius 3 is 2.50 bits per heavy atom. The minimum absolute atomic E-state index is 0.0431. The average molecular weight is 281 g/mol. The van der Waals surface area contributed by atoms with Crippen LogP contribution in [-0.2, 0) is 0 Å². The number of rotatable bonds is 8. The van der Waals surface area contributed by atoms with Crippen molar-refractivity contribution in [3.63, 3.8) is 0 Å². The van der Waals surface area contributed by atoms with Crippen LogP contribution in [0.25, 0.3) is 0 Å². The van der Waals surface area contributed by atoms with Gasteiger partial charge >= 0.3 is 0 Å². The van der Waals surface area contributed by atoms with Crippen LogP contribution in [-0.4, -0.2) is 43.6 Å². The van der Waals surface area contributed by atoms with Gasteiger partial charge in [-0.15, -0.1) is 0 Å². The molecule has 1 aromatic carbocycles. The van der Waals surface area contributed by atoms with Crippen molar-refractivity contribution in [3.05, 3.63) is 28.3 Å². The van der Waals surface area contributed by atoms with Crippen LogP contribution in [0.4, 0.5) is 17.1 Å². The Morgan fingerprint density at radius 1 is 1.30 bits per heavy atom. The van der Waals surface area contributed by atoms with E-state index < -0.39 is 4.92 Å². The summed E-state index contributed by atoms with van der Waals surface area (Å²) in [5, 5.41) is 10.9. The largest absolute Gasteiger partial charge is 0.371 e. The molecular formula is C13H23N5O2. The molecule has 0 atom stereocenters. The van der Waals surface area contributed by atoms with Crippen LogP contribution >= 0.6 is 0 Å². The summed E-state index contributed by atoms with van der Waals surface area (Å²) in [6.07, 6.45) is 0.995. The first-order valence-electron chi connectivity index (χ1n) is 6.63. The van der Waals surface area contributed by atoms with E-state index in [0.717, 1.165) is 31.7 Å². The number of nitrogens with zero attached hydrogens (tertiary/aromatic N) is 3. The Labute approximate surface area is 119 Å². The SMILES string of the molecule is CCN(CCCN(C)C)c1cc(NN)cc([N+](=O)[O-])c1. The van der Waals surface area contributed by atoms with E-state index in [1.165, 1.54) is 6.07 Å². The molecule has 1 rings (SSSR count). The summed E-state index contributed by atoms with van der Waals surface area (Å²) in [6, 6.07) is 4.84. The molecule has 7 nitrogen and oxygen atoms in total. The third-order valence-electron chi connectivity index (χ3n) is 3.06. The molecule has 3 N–H and O–H groups in total. The molecule has 0 spiro atoms. The van der Waals surface area contributed by atoms with Gasteiger partial charge < -0.3 is 15.2 Å². The van der Waals surface area contributed by atoms with Crippen molar-refractivity contribution in [2.75, 3.05) is 44.1 Å². The molecule has 1 aromatic rings. The second-order valence-corrected chi connectivity index (χ2v) is 4.88. The quantitative estimate of drug-likeness (QED) is 0.428. The van der Waals surface area contributed by atoms with Gasteiger partial charge in [-0.05, 0) is 40.1 Å². The van der Waals surface area contributed by atoms with Crippen molar-refractivity contribution < 1.29 is 4.92 Å². The zero-order chi connectivity index (χ0) is 15.1. The van der Waals surface area contributed by atoms with E-state index in [4.69, 9.17) is 5.84 Å². The lowest BCUT2D eigenvalue weighted by Crippen LogP contribution is -2.27. The summed E-state index contributed by atoms with van der Waals surface area (Å²) < 4.78 is 0. The predicted octanol–water partition coefficient (Wildman–Crippen LogP) is 1.66. The summed E-state index contributed by atoms with van der Waals surface area (Å²) >= 11 is 0. The lowest BCUT2D eigenvalue weighted by molar-refractivity contribution is -0.384. The van der Waals surface area contributed by atoms with Crippen molar-refractivity contribution in [1.82, 2.24) is 4.90 Å². The number of hydrazine groups is 1. The molecule has 0 aromatic heterocycles. The molecule has 0 radical (unpaired) electrons. The normalized spacial score (nSPS) is 10.7. The third kappa shape index (κ3) is 4.67. The number of nitrogens with two attached hydrogens (primary N) is 1. The van der Waals surface area contributed by atoms with Gasteiger partial charge in [-0.2, -0.15) is 0 Å². The van der Waals surface area contributed by atoms with Gasteiger partial charge in [0.05, 0.1) is 10.6 Å². The van der Waals surface area contributed by atoms with E-state index in [1.807, 2.05) is 27.1 Å². The smallest absolute Gasteiger partial charge is 0.273 e. The fourth-order valence-electron chi connectivity index (χ4n) is 2.01. The highest BCUT2D eigenvalue weighted by molar-refractivity contribution is 5.64. The first kappa shape index (κ1) is 16.2. The maximum Gasteiger partial charge on any atom is 0.273 e. The maximum atomic E-state index is 10.9. The molecule has 112 valence electrons. The van der Waals surface area contributed by atoms with Crippen LogP contribution in [0.5, 0.6) is 0 Å². The Balaban J connectivity index is 2.90. The van der Waals surface area contributed by atoms with Crippen LogP contribution in [0, 0.1) is 10.1 Å². The van der Waals surface area contributed by atoms with Crippen molar-refractivity contribution in [2.45, 2.75) is 13.3 Å². The first-order chi connectivity index (χ1) is 9.47. The molecule has 0 aliphatic carbocycles. The number of nitro groups is 1. The summed E-state index contributed by atoms with van der Waals surface area (Å²) in [7, 11) is 4.06. The molecule has 20 heavy (non-hydrogen) atoms. The van der Waals surface area contributed by atoms with Gasteiger partial charge in [0.1, 0.15) is 0 Å². The number of non-ortho nitro benzene ring substituents is 1. The van der Waals surface area contributed by atoms with E-state index in [0.29, 0.717) is 5.69 Å². The third-order valence-corrected chi connectivity index (χ3v) is 3.06. The summed E-state index contributed by atoms with van der Waals surface area (Å²) in [6.45, 7) is 4.65. The molecule has 0 aliphatic rings. The van der Waals surface area contributed by atoms with Gasteiger partial charge in [-0.3, -0.25) is 16.0 Å². The van der Waals surface area contributed by atoms with Gasteiger partial charge in [-0.25, -0.2) is 0 Å². The number of anilines is 2. The molecule has 0 fully saturated rings. The van der Waals surface area contributed by atoms with Gasteiger partial charge in [0.2, 0.25) is 0 Å². The zero-order valence-corrected chi connectivity index (χ0v) is 12.3. The van der Waals surface area contributed by atoms with Gasteiger partial charge in [0, 0.05) is 30.9 Å². The van der Waals surface area contributed by atoms with Crippen LogP contribution in [0.2, 0.25) is 0 Å². The Morgan fingerprint density at radius 2 is 2.00 bits per heavy atom. The topological polar surface area (TPSA) is 87.7 Å². The van der Waals surface area contributed by atoms with Crippen molar-refractivity contribution in [2.24, 2.45) is 5.84 Å². The monoisotopic (exact) mass is 281 g/mol. The van der Waals surface area contributed by atoms with Crippen molar-refractivity contribution in [3.8, 4) is 0 Å². The van der Waals surface area contributed by atoms with Gasteiger partial charge in [0.25, 0.3) is 5.69 Å². The molecule has 0 unspecified atom stereocenters. The standard InChI is InChI=1S/C13H23N5O2/c1-4-17(7-5-6-16(2)3)12-8-11(15-14)9-13(10-12)18(19)20/h8-10,15H,4-7,14H2,1-3H3. The van der Waals surface area contributed by atoms with Crippen LogP contribution in [0.3, 0.4) is 0 Å². The number of nitrogens with one attached hydrogen (secondary N) is 1. The predicted molar refractivity (Wildman–Crippen MR) is 82.0 cm³/mol. The maximum absolute atomic E-state index is 10.9. The van der Waals surface area contributed by atoms with E-state index in [-0.39, 0.29) is 5.69 Å². The summed E-state index contributed by atoms with van der Waals surface area (Å²) in [5.74, 6) is 5.37. The van der Waals surface area contributed by atoms with E-state index >= 15 is 0 Å². The van der Waals surface area contributed by atoms with Crippen molar-refractivity contribution in [1.29, 1.82) is 0 Å². The molecular weight excluding hydrogens is 258 g/mol. The molecule has 0 amide bonds. The average Bonchev–Trinajstić information content (AvgIpc) is 2.42. The second-order valence-electron chi connectivity index (χ2n) is 4.88. The lowest BCUT2D eigenvalue weighted by atomic mass is 10.2. The number of hydrogen-bond acceptors (Lipinski definition) is 6. The van der Waals surface area contributed by atoms with E-state index in [1.54, 1.807) is 6.07 Å². The zero-order valence-electron chi connectivity index (χ0n) is 12.3. The summed E-state index contributed by atoms with van der Waals surface area (Å²) in [5.41, 5.74) is 3.87. The molecule has 0 aliphatic heterocycles. The van der Waals surface area contributed by atoms with Crippen LogP contribution < -0.4 is 16.2 Å². The number of hydrogen-bond donors (Lipinski definition) is 2. The highest BCUT2D eigenvalue weighted by Crippen LogP contribution is 2.26. The van der Waals surface area contributed by atoms with E-state index in [2.05, 4.69) is 15.2 Å². The highest BCUT2D eigenvalue weighted by atomic mass is 16.6. The van der Waals surface area contributed by atoms with Gasteiger partial charge in [-0.1, -0.05) is 0 Å². The molecule has 0 saturated carbocycles. The number of nitro benzene ring substituents is 1. The number of benzene rings is 1. The highest BCUT2D eigenvalue weighted by Gasteiger charge is 2.13. The molecule has 0 bridgehead atoms. The lowest BCUT2D eigenvalue weighted by Gasteiger charge is -2.24. The second kappa shape index (κ2) is 7.66. The first-order valence-corrected chi connectivity index (χ1v) is 6.63. The minimum atomic E-state index is -0.405. The molecule has 0 heterocycles. The Hall–Kier alpha value is -1.86. The summed E-state index contributed by atoms with van der Waals surface area (Å²) in [4.78, 5) is 14.8. The van der Waals surface area contributed by atoms with Gasteiger partial charge in [0.15, 0.2) is 0 Å². The van der Waals surface area contributed by atoms with E-state index in [9.17, 15) is 10.1 Å². The van der Waals surface area contributed by atoms with Crippen LogP contribution in [0.1, 0.15) is 13.3 Å². The minimum Gasteiger partial charge on any atom is -0.371 e. The molecule has 0 saturated heterocycles. The fraction of sp³-hybridized carbons (Fsp3) is 0.538. The van der Waals surface area contributed by atoms with Crippen LogP contribution in [0.15, 0.2) is 18.2 Å².